The van der Waals surface area contributed by atoms with Gasteiger partial charge >= 0.3 is 0 Å². The molecule has 3 heteroatoms. The van der Waals surface area contributed by atoms with Crippen LogP contribution in [0.25, 0.3) is 0 Å². The van der Waals surface area contributed by atoms with Crippen LogP contribution in [0, 0.1) is 0 Å². The molecule has 1 N–H and O–H groups in total. The van der Waals surface area contributed by atoms with Gasteiger partial charge in [0.2, 0.25) is 0 Å². The number of hydrogen-bond acceptors (Lipinski definition) is 3. The average Bonchev–Trinajstić information content (AvgIpc) is 2.14. The highest BCUT2D eigenvalue weighted by atomic mass is 32.2. The predicted octanol–water partition coefficient (Wildman–Crippen LogP) is 1.78. The van der Waals surface area contributed by atoms with Crippen LogP contribution in [0.2, 0.25) is 0 Å². The minimum Gasteiger partial charge on any atom is -0.320 e. The summed E-state index contributed by atoms with van der Waals surface area (Å²) in [5.74, 6) is 1.14. The Labute approximate surface area is 77.8 Å². The lowest BCUT2D eigenvalue weighted by Gasteiger charge is -1.99. The SMILES string of the molecule is CNCCCSc1ccccn1. The number of nitrogens with one attached hydrogen (secondary N) is 1. The molecular weight excluding hydrogens is 168 g/mol. The van der Waals surface area contributed by atoms with Gasteiger partial charge in [-0.1, -0.05) is 6.07 Å². The first-order valence-corrected chi connectivity index (χ1v) is 5.10. The topological polar surface area (TPSA) is 24.9 Å². The molecule has 0 saturated heterocycles. The van der Waals surface area contributed by atoms with Crippen molar-refractivity contribution in [3.05, 3.63) is 24.4 Å². The molecule has 66 valence electrons. The first-order valence-electron chi connectivity index (χ1n) is 4.12. The normalized spacial score (nSPS) is 10.1. The van der Waals surface area contributed by atoms with E-state index in [0.717, 1.165) is 17.3 Å². The van der Waals surface area contributed by atoms with Crippen LogP contribution in [0.15, 0.2) is 29.4 Å². The fourth-order valence-corrected chi connectivity index (χ4v) is 1.67. The van der Waals surface area contributed by atoms with Gasteiger partial charge in [-0.25, -0.2) is 4.98 Å². The number of hydrogen-bond donors (Lipinski definition) is 1. The smallest absolute Gasteiger partial charge is 0.0959 e. The monoisotopic (exact) mass is 182 g/mol. The minimum atomic E-state index is 1.08. The Hall–Kier alpha value is -0.540. The van der Waals surface area contributed by atoms with Crippen molar-refractivity contribution in [3.8, 4) is 0 Å². The Balaban J connectivity index is 2.16. The summed E-state index contributed by atoms with van der Waals surface area (Å²) in [6.07, 6.45) is 3.03. The first kappa shape index (κ1) is 9.55. The molecule has 1 heterocycles. The molecule has 0 amide bonds. The number of rotatable bonds is 5. The summed E-state index contributed by atoms with van der Waals surface area (Å²) < 4.78 is 0. The molecule has 1 aromatic heterocycles. The molecule has 1 aromatic rings. The van der Waals surface area contributed by atoms with Crippen LogP contribution >= 0.6 is 11.8 Å². The van der Waals surface area contributed by atoms with Gasteiger partial charge in [-0.05, 0) is 32.1 Å². The van der Waals surface area contributed by atoms with Gasteiger partial charge in [-0.15, -0.1) is 11.8 Å². The minimum absolute atomic E-state index is 1.08. The van der Waals surface area contributed by atoms with E-state index in [9.17, 15) is 0 Å². The van der Waals surface area contributed by atoms with Crippen LogP contribution in [0.1, 0.15) is 6.42 Å². The molecular formula is C9H14N2S. The maximum Gasteiger partial charge on any atom is 0.0959 e. The highest BCUT2D eigenvalue weighted by Gasteiger charge is 1.92. The van der Waals surface area contributed by atoms with Crippen molar-refractivity contribution in [2.45, 2.75) is 11.4 Å². The van der Waals surface area contributed by atoms with E-state index in [-0.39, 0.29) is 0 Å². The van der Waals surface area contributed by atoms with Gasteiger partial charge in [0.15, 0.2) is 0 Å². The molecule has 0 aliphatic carbocycles. The molecule has 0 aliphatic rings. The maximum atomic E-state index is 4.22. The molecule has 1 rings (SSSR count). The Morgan fingerprint density at radius 3 is 3.08 bits per heavy atom. The summed E-state index contributed by atoms with van der Waals surface area (Å²) in [5.41, 5.74) is 0. The van der Waals surface area contributed by atoms with Crippen LogP contribution in [0.3, 0.4) is 0 Å². The van der Waals surface area contributed by atoms with Gasteiger partial charge in [0.25, 0.3) is 0 Å². The van der Waals surface area contributed by atoms with Gasteiger partial charge in [0.1, 0.15) is 0 Å². The van der Waals surface area contributed by atoms with Crippen molar-refractivity contribution in [1.29, 1.82) is 0 Å². The third-order valence-electron chi connectivity index (χ3n) is 1.46. The second kappa shape index (κ2) is 6.03. The molecule has 0 spiro atoms. The highest BCUT2D eigenvalue weighted by Crippen LogP contribution is 2.14. The molecule has 0 aromatic carbocycles. The van der Waals surface area contributed by atoms with Crippen LogP contribution in [-0.2, 0) is 0 Å². The van der Waals surface area contributed by atoms with Gasteiger partial charge in [0.05, 0.1) is 5.03 Å². The summed E-state index contributed by atoms with van der Waals surface area (Å²) in [6.45, 7) is 1.08. The number of aromatic nitrogens is 1. The standard InChI is InChI=1S/C9H14N2S/c1-10-6-4-8-12-9-5-2-3-7-11-9/h2-3,5,7,10H,4,6,8H2,1H3. The number of pyridine rings is 1. The summed E-state index contributed by atoms with van der Waals surface area (Å²) in [4.78, 5) is 4.22. The zero-order valence-electron chi connectivity index (χ0n) is 7.29. The van der Waals surface area contributed by atoms with Crippen LogP contribution in [-0.4, -0.2) is 24.3 Å². The fourth-order valence-electron chi connectivity index (χ4n) is 0.858. The van der Waals surface area contributed by atoms with Gasteiger partial charge in [-0.3, -0.25) is 0 Å². The summed E-state index contributed by atoms with van der Waals surface area (Å²) in [5, 5.41) is 4.24. The summed E-state index contributed by atoms with van der Waals surface area (Å²) in [6, 6.07) is 6.01. The first-order chi connectivity index (χ1) is 5.93. The largest absolute Gasteiger partial charge is 0.320 e. The fraction of sp³-hybridized carbons (Fsp3) is 0.444. The molecule has 0 atom stereocenters. The molecule has 0 saturated carbocycles. The average molecular weight is 182 g/mol. The molecule has 12 heavy (non-hydrogen) atoms. The van der Waals surface area contributed by atoms with Gasteiger partial charge < -0.3 is 5.32 Å². The van der Waals surface area contributed by atoms with Crippen LogP contribution in [0.5, 0.6) is 0 Å². The third-order valence-corrected chi connectivity index (χ3v) is 2.49. The zero-order valence-corrected chi connectivity index (χ0v) is 8.10. The second-order valence-corrected chi connectivity index (χ2v) is 3.59. The van der Waals surface area contributed by atoms with Crippen LogP contribution in [0.4, 0.5) is 0 Å². The van der Waals surface area contributed by atoms with E-state index >= 15 is 0 Å². The molecule has 0 radical (unpaired) electrons. The maximum absolute atomic E-state index is 4.22. The van der Waals surface area contributed by atoms with E-state index in [2.05, 4.69) is 10.3 Å². The Bertz CT molecular complexity index is 201. The van der Waals surface area contributed by atoms with Crippen molar-refractivity contribution in [3.63, 3.8) is 0 Å². The Morgan fingerprint density at radius 1 is 1.50 bits per heavy atom. The van der Waals surface area contributed by atoms with Crippen molar-refractivity contribution >= 4 is 11.8 Å². The molecule has 0 bridgehead atoms. The van der Waals surface area contributed by atoms with E-state index < -0.39 is 0 Å². The number of nitrogens with zero attached hydrogens (tertiary/aromatic N) is 1. The van der Waals surface area contributed by atoms with Crippen LogP contribution < -0.4 is 5.32 Å². The van der Waals surface area contributed by atoms with E-state index in [4.69, 9.17) is 0 Å². The molecule has 0 fully saturated rings. The summed E-state index contributed by atoms with van der Waals surface area (Å²) >= 11 is 1.81. The van der Waals surface area contributed by atoms with E-state index in [1.165, 1.54) is 6.42 Å². The lowest BCUT2D eigenvalue weighted by molar-refractivity contribution is 0.777. The van der Waals surface area contributed by atoms with Crippen molar-refractivity contribution in [1.82, 2.24) is 10.3 Å². The Kier molecular flexibility index (Phi) is 4.80. The van der Waals surface area contributed by atoms with Crippen molar-refractivity contribution < 1.29 is 0 Å². The summed E-state index contributed by atoms with van der Waals surface area (Å²) in [7, 11) is 1.98. The third kappa shape index (κ3) is 3.74. The predicted molar refractivity (Wildman–Crippen MR) is 53.5 cm³/mol. The Morgan fingerprint density at radius 2 is 2.42 bits per heavy atom. The zero-order chi connectivity index (χ0) is 8.65. The quantitative estimate of drug-likeness (QED) is 0.555. The van der Waals surface area contributed by atoms with Crippen molar-refractivity contribution in [2.75, 3.05) is 19.3 Å². The van der Waals surface area contributed by atoms with E-state index in [0.29, 0.717) is 0 Å². The molecule has 0 aliphatic heterocycles. The molecule has 2 nitrogen and oxygen atoms in total. The van der Waals surface area contributed by atoms with Gasteiger partial charge in [-0.2, -0.15) is 0 Å². The second-order valence-electron chi connectivity index (χ2n) is 2.47. The highest BCUT2D eigenvalue weighted by molar-refractivity contribution is 7.99. The van der Waals surface area contributed by atoms with Gasteiger partial charge in [0, 0.05) is 11.9 Å². The van der Waals surface area contributed by atoms with E-state index in [1.807, 2.05) is 43.2 Å². The van der Waals surface area contributed by atoms with Crippen molar-refractivity contribution in [2.24, 2.45) is 0 Å². The lowest BCUT2D eigenvalue weighted by Crippen LogP contribution is -2.07. The number of thioether (sulfide) groups is 1. The molecule has 0 unspecified atom stereocenters. The van der Waals surface area contributed by atoms with E-state index in [1.54, 1.807) is 0 Å². The lowest BCUT2D eigenvalue weighted by atomic mass is 10.5.